The summed E-state index contributed by atoms with van der Waals surface area (Å²) in [7, 11) is 0. The molecule has 3 aromatic rings. The zero-order chi connectivity index (χ0) is 17.1. The molecule has 0 bridgehead atoms. The van der Waals surface area contributed by atoms with Crippen molar-refractivity contribution in [3.8, 4) is 0 Å². The van der Waals surface area contributed by atoms with Crippen LogP contribution < -0.4 is 5.32 Å². The molecule has 0 fully saturated rings. The molecular weight excluding hydrogens is 290 g/mol. The maximum absolute atomic E-state index is 3.52. The van der Waals surface area contributed by atoms with Gasteiger partial charge in [-0.15, -0.1) is 0 Å². The average molecular weight is 315 g/mol. The fourth-order valence-corrected chi connectivity index (χ4v) is 2.94. The van der Waals surface area contributed by atoms with Gasteiger partial charge in [-0.05, 0) is 80.1 Å². The van der Waals surface area contributed by atoms with Crippen LogP contribution in [0.2, 0.25) is 0 Å². The maximum Gasteiger partial charge on any atom is 0.0416 e. The quantitative estimate of drug-likeness (QED) is 0.599. The topological polar surface area (TPSA) is 12.0 Å². The van der Waals surface area contributed by atoms with E-state index in [1.807, 2.05) is 0 Å². The molecule has 0 amide bonds. The molecule has 0 heterocycles. The Morgan fingerprint density at radius 3 is 2.00 bits per heavy atom. The normalized spacial score (nSPS) is 10.7. The number of aryl methyl sites for hydroxylation is 4. The van der Waals surface area contributed by atoms with Gasteiger partial charge >= 0.3 is 0 Å². The van der Waals surface area contributed by atoms with Crippen molar-refractivity contribution >= 4 is 11.4 Å². The summed E-state index contributed by atoms with van der Waals surface area (Å²) in [5.74, 6) is 0. The Morgan fingerprint density at radius 2 is 1.29 bits per heavy atom. The van der Waals surface area contributed by atoms with Gasteiger partial charge in [0.25, 0.3) is 0 Å². The van der Waals surface area contributed by atoms with E-state index in [-0.39, 0.29) is 0 Å². The number of nitrogens with one attached hydrogen (secondary N) is 1. The van der Waals surface area contributed by atoms with Gasteiger partial charge in [-0.25, -0.2) is 0 Å². The molecule has 0 aliphatic rings. The molecule has 1 N–H and O–H groups in total. The minimum absolute atomic E-state index is 0.983. The molecule has 1 heteroatoms. The van der Waals surface area contributed by atoms with Gasteiger partial charge in [0.1, 0.15) is 0 Å². The molecule has 0 aliphatic carbocycles. The lowest BCUT2D eigenvalue weighted by atomic mass is 9.98. The van der Waals surface area contributed by atoms with Crippen molar-refractivity contribution in [2.75, 3.05) is 5.32 Å². The third-order valence-corrected chi connectivity index (χ3v) is 4.53. The van der Waals surface area contributed by atoms with E-state index in [0.29, 0.717) is 0 Å². The van der Waals surface area contributed by atoms with Crippen LogP contribution in [0.5, 0.6) is 0 Å². The Balaban J connectivity index is 1.76. The van der Waals surface area contributed by atoms with Crippen LogP contribution in [0.1, 0.15) is 33.4 Å². The van der Waals surface area contributed by atoms with Crippen molar-refractivity contribution in [2.45, 2.75) is 34.1 Å². The fraction of sp³-hybridized carbons (Fsp3) is 0.217. The van der Waals surface area contributed by atoms with Gasteiger partial charge in [0.2, 0.25) is 0 Å². The van der Waals surface area contributed by atoms with E-state index >= 15 is 0 Å². The minimum Gasteiger partial charge on any atom is -0.355 e. The van der Waals surface area contributed by atoms with Crippen LogP contribution in [0.25, 0.3) is 0 Å². The predicted octanol–water partition coefficient (Wildman–Crippen LogP) is 6.25. The maximum atomic E-state index is 3.52. The first kappa shape index (κ1) is 16.3. The average Bonchev–Trinajstić information content (AvgIpc) is 2.56. The molecule has 1 nitrogen and oxygen atoms in total. The second-order valence-electron chi connectivity index (χ2n) is 6.75. The predicted molar refractivity (Wildman–Crippen MR) is 104 cm³/mol. The van der Waals surface area contributed by atoms with E-state index in [9.17, 15) is 0 Å². The Bertz CT molecular complexity index is 772. The molecule has 0 atom stereocenters. The van der Waals surface area contributed by atoms with E-state index in [1.54, 1.807) is 0 Å². The summed E-state index contributed by atoms with van der Waals surface area (Å²) in [6, 6.07) is 21.9. The van der Waals surface area contributed by atoms with Gasteiger partial charge in [0, 0.05) is 11.4 Å². The molecule has 0 saturated heterocycles. The Kier molecular flexibility index (Phi) is 4.71. The largest absolute Gasteiger partial charge is 0.355 e. The highest BCUT2D eigenvalue weighted by Gasteiger charge is 2.03. The van der Waals surface area contributed by atoms with Crippen LogP contribution in [0.3, 0.4) is 0 Å². The molecule has 122 valence electrons. The van der Waals surface area contributed by atoms with Gasteiger partial charge in [-0.3, -0.25) is 0 Å². The van der Waals surface area contributed by atoms with E-state index in [2.05, 4.69) is 93.7 Å². The monoisotopic (exact) mass is 315 g/mol. The lowest BCUT2D eigenvalue weighted by molar-refractivity contribution is 1.14. The molecule has 0 unspecified atom stereocenters. The van der Waals surface area contributed by atoms with Crippen LogP contribution in [0.4, 0.5) is 11.4 Å². The van der Waals surface area contributed by atoms with Gasteiger partial charge in [0.05, 0.1) is 0 Å². The summed E-state index contributed by atoms with van der Waals surface area (Å²) in [6.07, 6.45) is 0.983. The zero-order valence-corrected chi connectivity index (χ0v) is 15.0. The third kappa shape index (κ3) is 3.86. The van der Waals surface area contributed by atoms with Crippen molar-refractivity contribution in [2.24, 2.45) is 0 Å². The number of rotatable bonds is 4. The van der Waals surface area contributed by atoms with E-state index in [1.165, 1.54) is 39.1 Å². The molecule has 0 aromatic heterocycles. The zero-order valence-electron chi connectivity index (χ0n) is 15.0. The molecule has 3 aromatic carbocycles. The number of anilines is 2. The van der Waals surface area contributed by atoms with Crippen LogP contribution >= 0.6 is 0 Å². The Hall–Kier alpha value is -2.54. The van der Waals surface area contributed by atoms with Crippen molar-refractivity contribution in [3.63, 3.8) is 0 Å². The highest BCUT2D eigenvalue weighted by Crippen LogP contribution is 2.23. The fourth-order valence-electron chi connectivity index (χ4n) is 2.94. The van der Waals surface area contributed by atoms with Crippen molar-refractivity contribution < 1.29 is 0 Å². The molecule has 0 spiro atoms. The highest BCUT2D eigenvalue weighted by molar-refractivity contribution is 5.64. The summed E-state index contributed by atoms with van der Waals surface area (Å²) in [5.41, 5.74) is 10.3. The summed E-state index contributed by atoms with van der Waals surface area (Å²) in [4.78, 5) is 0. The third-order valence-electron chi connectivity index (χ3n) is 4.53. The molecule has 0 saturated carbocycles. The molecule has 0 aliphatic heterocycles. The SMILES string of the molecule is Cc1ccc(C)c(Cc2ccc(Nc3cc(C)ccc3C)cc2)c1. The van der Waals surface area contributed by atoms with Gasteiger partial charge in [-0.2, -0.15) is 0 Å². The van der Waals surface area contributed by atoms with E-state index in [4.69, 9.17) is 0 Å². The molecular formula is C23H25N. The summed E-state index contributed by atoms with van der Waals surface area (Å²) >= 11 is 0. The summed E-state index contributed by atoms with van der Waals surface area (Å²) in [5, 5.41) is 3.52. The van der Waals surface area contributed by atoms with Crippen LogP contribution in [0, 0.1) is 27.7 Å². The van der Waals surface area contributed by atoms with Crippen molar-refractivity contribution in [1.29, 1.82) is 0 Å². The molecule has 0 radical (unpaired) electrons. The second-order valence-corrected chi connectivity index (χ2v) is 6.75. The van der Waals surface area contributed by atoms with Gasteiger partial charge in [-0.1, -0.05) is 48.0 Å². The Morgan fingerprint density at radius 1 is 0.667 bits per heavy atom. The van der Waals surface area contributed by atoms with Crippen molar-refractivity contribution in [3.05, 3.63) is 94.0 Å². The first-order chi connectivity index (χ1) is 11.5. The second kappa shape index (κ2) is 6.92. The van der Waals surface area contributed by atoms with Crippen molar-refractivity contribution in [1.82, 2.24) is 0 Å². The first-order valence-electron chi connectivity index (χ1n) is 8.50. The van der Waals surface area contributed by atoms with E-state index < -0.39 is 0 Å². The van der Waals surface area contributed by atoms with Crippen LogP contribution in [-0.2, 0) is 6.42 Å². The molecule has 24 heavy (non-hydrogen) atoms. The number of hydrogen-bond donors (Lipinski definition) is 1. The minimum atomic E-state index is 0.983. The lowest BCUT2D eigenvalue weighted by Gasteiger charge is -2.12. The lowest BCUT2D eigenvalue weighted by Crippen LogP contribution is -1.96. The molecule has 3 rings (SSSR count). The first-order valence-corrected chi connectivity index (χ1v) is 8.50. The smallest absolute Gasteiger partial charge is 0.0416 e. The Labute approximate surface area is 145 Å². The van der Waals surface area contributed by atoms with Gasteiger partial charge in [0.15, 0.2) is 0 Å². The standard InChI is InChI=1S/C23H25N/c1-16-5-7-18(3)21(13-16)15-20-9-11-22(12-10-20)24-23-14-17(2)6-8-19(23)4/h5-14,24H,15H2,1-4H3. The van der Waals surface area contributed by atoms with E-state index in [0.717, 1.165) is 12.1 Å². The number of benzene rings is 3. The summed E-state index contributed by atoms with van der Waals surface area (Å²) < 4.78 is 0. The van der Waals surface area contributed by atoms with Crippen LogP contribution in [-0.4, -0.2) is 0 Å². The highest BCUT2D eigenvalue weighted by atomic mass is 14.9. The number of hydrogen-bond acceptors (Lipinski definition) is 1. The van der Waals surface area contributed by atoms with Gasteiger partial charge < -0.3 is 5.32 Å². The van der Waals surface area contributed by atoms with Crippen LogP contribution in [0.15, 0.2) is 60.7 Å². The summed E-state index contributed by atoms with van der Waals surface area (Å²) in [6.45, 7) is 8.60.